The summed E-state index contributed by atoms with van der Waals surface area (Å²) >= 11 is 5.81. The highest BCUT2D eigenvalue weighted by atomic mass is 35.5. The van der Waals surface area contributed by atoms with Crippen molar-refractivity contribution in [1.82, 2.24) is 0 Å². The fraction of sp³-hybridized carbons (Fsp3) is 0.455. The molecule has 0 bridgehead atoms. The second-order valence-corrected chi connectivity index (χ2v) is 4.26. The maximum absolute atomic E-state index is 12.0. The zero-order valence-corrected chi connectivity index (χ0v) is 9.31. The molecule has 0 saturated heterocycles. The van der Waals surface area contributed by atoms with Crippen molar-refractivity contribution in [3.8, 4) is 5.75 Å². The molecule has 1 aliphatic rings. The Morgan fingerprint density at radius 2 is 2.19 bits per heavy atom. The number of anilines is 1. The van der Waals surface area contributed by atoms with E-state index in [9.17, 15) is 8.78 Å². The molecule has 2 nitrogen and oxygen atoms in total. The van der Waals surface area contributed by atoms with Crippen molar-refractivity contribution in [2.45, 2.75) is 19.5 Å². The third-order valence-corrected chi connectivity index (χ3v) is 2.74. The maximum Gasteiger partial charge on any atom is 0.387 e. The number of rotatable bonds is 5. The Kier molecular flexibility index (Phi) is 3.49. The van der Waals surface area contributed by atoms with Gasteiger partial charge in [-0.2, -0.15) is 8.78 Å². The highest BCUT2D eigenvalue weighted by molar-refractivity contribution is 6.32. The van der Waals surface area contributed by atoms with Crippen molar-refractivity contribution in [3.05, 3.63) is 23.2 Å². The van der Waals surface area contributed by atoms with Gasteiger partial charge in [0.25, 0.3) is 0 Å². The van der Waals surface area contributed by atoms with Gasteiger partial charge >= 0.3 is 6.61 Å². The summed E-state index contributed by atoms with van der Waals surface area (Å²) in [5, 5.41) is 3.40. The van der Waals surface area contributed by atoms with E-state index in [1.807, 2.05) is 0 Å². The zero-order chi connectivity index (χ0) is 11.5. The first-order valence-corrected chi connectivity index (χ1v) is 5.51. The van der Waals surface area contributed by atoms with E-state index >= 15 is 0 Å². The summed E-state index contributed by atoms with van der Waals surface area (Å²) in [6.45, 7) is -1.94. The van der Waals surface area contributed by atoms with E-state index in [1.165, 1.54) is 18.9 Å². The molecule has 1 aromatic carbocycles. The van der Waals surface area contributed by atoms with Crippen molar-refractivity contribution in [2.75, 3.05) is 11.9 Å². The maximum atomic E-state index is 12.0. The van der Waals surface area contributed by atoms with Crippen LogP contribution in [0.1, 0.15) is 12.8 Å². The predicted molar refractivity (Wildman–Crippen MR) is 59.3 cm³/mol. The number of ether oxygens (including phenoxy) is 1. The molecule has 88 valence electrons. The standard InChI is InChI=1S/C11H12ClF2NO/c12-9-5-8(15-6-7-1-2-7)3-4-10(9)16-11(13)14/h3-5,7,11,15H,1-2,6H2. The third-order valence-electron chi connectivity index (χ3n) is 2.44. The van der Waals surface area contributed by atoms with E-state index in [2.05, 4.69) is 10.1 Å². The van der Waals surface area contributed by atoms with Crippen LogP contribution in [0.25, 0.3) is 0 Å². The summed E-state index contributed by atoms with van der Waals surface area (Å²) in [6.07, 6.45) is 2.51. The molecule has 1 fully saturated rings. The van der Waals surface area contributed by atoms with E-state index in [0.717, 1.165) is 18.2 Å². The number of nitrogens with one attached hydrogen (secondary N) is 1. The Balaban J connectivity index is 1.97. The van der Waals surface area contributed by atoms with Gasteiger partial charge in [0.15, 0.2) is 0 Å². The molecule has 0 spiro atoms. The molecule has 0 amide bonds. The minimum absolute atomic E-state index is 0.00800. The lowest BCUT2D eigenvalue weighted by molar-refractivity contribution is -0.0497. The van der Waals surface area contributed by atoms with Crippen molar-refractivity contribution in [2.24, 2.45) is 5.92 Å². The van der Waals surface area contributed by atoms with Crippen molar-refractivity contribution >= 4 is 17.3 Å². The molecule has 5 heteroatoms. The summed E-state index contributed by atoms with van der Waals surface area (Å²) in [5.74, 6) is 0.754. The van der Waals surface area contributed by atoms with Gasteiger partial charge in [-0.05, 0) is 37.0 Å². The minimum Gasteiger partial charge on any atom is -0.433 e. The summed E-state index contributed by atoms with van der Waals surface area (Å²) in [6, 6.07) is 4.73. The van der Waals surface area contributed by atoms with Crippen LogP contribution in [-0.2, 0) is 0 Å². The third kappa shape index (κ3) is 3.23. The molecule has 1 saturated carbocycles. The molecular formula is C11H12ClF2NO. The van der Waals surface area contributed by atoms with Crippen LogP contribution in [0.5, 0.6) is 5.75 Å². The second-order valence-electron chi connectivity index (χ2n) is 3.85. The zero-order valence-electron chi connectivity index (χ0n) is 8.55. The molecule has 0 heterocycles. The van der Waals surface area contributed by atoms with Gasteiger partial charge in [0.1, 0.15) is 5.75 Å². The first-order valence-electron chi connectivity index (χ1n) is 5.13. The lowest BCUT2D eigenvalue weighted by Crippen LogP contribution is -2.05. The monoisotopic (exact) mass is 247 g/mol. The molecular weight excluding hydrogens is 236 g/mol. The smallest absolute Gasteiger partial charge is 0.387 e. The van der Waals surface area contributed by atoms with E-state index in [-0.39, 0.29) is 10.8 Å². The highest BCUT2D eigenvalue weighted by Crippen LogP contribution is 2.31. The molecule has 0 aromatic heterocycles. The van der Waals surface area contributed by atoms with Gasteiger partial charge in [0.05, 0.1) is 5.02 Å². The van der Waals surface area contributed by atoms with E-state index in [1.54, 1.807) is 12.1 Å². The van der Waals surface area contributed by atoms with Crippen LogP contribution in [0.3, 0.4) is 0 Å². The van der Waals surface area contributed by atoms with Gasteiger partial charge in [0, 0.05) is 12.2 Å². The van der Waals surface area contributed by atoms with Gasteiger partial charge in [-0.3, -0.25) is 0 Å². The predicted octanol–water partition coefficient (Wildman–Crippen LogP) is 3.76. The molecule has 0 unspecified atom stereocenters. The number of hydrogen-bond donors (Lipinski definition) is 1. The molecule has 0 radical (unpaired) electrons. The van der Waals surface area contributed by atoms with Crippen LogP contribution in [-0.4, -0.2) is 13.2 Å². The van der Waals surface area contributed by atoms with E-state index in [4.69, 9.17) is 11.6 Å². The largest absolute Gasteiger partial charge is 0.433 e. The van der Waals surface area contributed by atoms with Crippen molar-refractivity contribution < 1.29 is 13.5 Å². The lowest BCUT2D eigenvalue weighted by Gasteiger charge is -2.09. The van der Waals surface area contributed by atoms with Crippen LogP contribution >= 0.6 is 11.6 Å². The Morgan fingerprint density at radius 3 is 2.75 bits per heavy atom. The fourth-order valence-electron chi connectivity index (χ4n) is 1.39. The normalized spacial score (nSPS) is 15.2. The Labute approximate surface area is 97.5 Å². The van der Waals surface area contributed by atoms with Gasteiger partial charge in [0.2, 0.25) is 0 Å². The first kappa shape index (κ1) is 11.5. The quantitative estimate of drug-likeness (QED) is 0.855. The molecule has 1 aromatic rings. The van der Waals surface area contributed by atoms with Crippen LogP contribution in [0, 0.1) is 5.92 Å². The van der Waals surface area contributed by atoms with Gasteiger partial charge in [-0.15, -0.1) is 0 Å². The number of alkyl halides is 2. The number of halogens is 3. The first-order chi connectivity index (χ1) is 7.65. The SMILES string of the molecule is FC(F)Oc1ccc(NCC2CC2)cc1Cl. The Hall–Kier alpha value is -1.03. The van der Waals surface area contributed by atoms with Crippen molar-refractivity contribution in [1.29, 1.82) is 0 Å². The summed E-state index contributed by atoms with van der Waals surface area (Å²) in [7, 11) is 0. The fourth-order valence-corrected chi connectivity index (χ4v) is 1.61. The van der Waals surface area contributed by atoms with Crippen LogP contribution in [0.15, 0.2) is 18.2 Å². The van der Waals surface area contributed by atoms with Crippen LogP contribution in [0.2, 0.25) is 5.02 Å². The average Bonchev–Trinajstić information content (AvgIpc) is 3.02. The number of hydrogen-bond acceptors (Lipinski definition) is 2. The molecule has 2 rings (SSSR count). The number of benzene rings is 1. The molecule has 1 N–H and O–H groups in total. The molecule has 1 aliphatic carbocycles. The van der Waals surface area contributed by atoms with E-state index < -0.39 is 6.61 Å². The second kappa shape index (κ2) is 4.87. The minimum atomic E-state index is -2.84. The molecule has 0 aliphatic heterocycles. The Bertz CT molecular complexity index is 369. The molecule has 0 atom stereocenters. The van der Waals surface area contributed by atoms with Crippen molar-refractivity contribution in [3.63, 3.8) is 0 Å². The summed E-state index contributed by atoms with van der Waals surface area (Å²) in [4.78, 5) is 0. The van der Waals surface area contributed by atoms with Crippen LogP contribution in [0.4, 0.5) is 14.5 Å². The van der Waals surface area contributed by atoms with Crippen LogP contribution < -0.4 is 10.1 Å². The lowest BCUT2D eigenvalue weighted by atomic mass is 10.3. The van der Waals surface area contributed by atoms with Gasteiger partial charge in [-0.1, -0.05) is 11.6 Å². The van der Waals surface area contributed by atoms with E-state index in [0.29, 0.717) is 0 Å². The average molecular weight is 248 g/mol. The molecule has 16 heavy (non-hydrogen) atoms. The highest BCUT2D eigenvalue weighted by Gasteiger charge is 2.20. The Morgan fingerprint density at radius 1 is 1.44 bits per heavy atom. The van der Waals surface area contributed by atoms with Gasteiger partial charge in [-0.25, -0.2) is 0 Å². The summed E-state index contributed by atoms with van der Waals surface area (Å²) in [5.41, 5.74) is 0.832. The van der Waals surface area contributed by atoms with Gasteiger partial charge < -0.3 is 10.1 Å². The topological polar surface area (TPSA) is 21.3 Å². The summed E-state index contributed by atoms with van der Waals surface area (Å²) < 4.78 is 28.2.